The maximum absolute atomic E-state index is 12.4. The van der Waals surface area contributed by atoms with Crippen LogP contribution in [0, 0.1) is 10.1 Å². The summed E-state index contributed by atoms with van der Waals surface area (Å²) in [6.45, 7) is 0. The van der Waals surface area contributed by atoms with Crippen molar-refractivity contribution in [1.29, 1.82) is 0 Å². The van der Waals surface area contributed by atoms with E-state index in [1.54, 1.807) is 6.07 Å². The summed E-state index contributed by atoms with van der Waals surface area (Å²) in [5.74, 6) is -0.662. The average Bonchev–Trinajstić information content (AvgIpc) is 3.21. The van der Waals surface area contributed by atoms with Crippen molar-refractivity contribution in [2.24, 2.45) is 0 Å². The third-order valence-electron chi connectivity index (χ3n) is 3.92. The number of ether oxygens (including phenoxy) is 1. The fourth-order valence-electron chi connectivity index (χ4n) is 2.66. The van der Waals surface area contributed by atoms with Crippen molar-refractivity contribution in [3.8, 4) is 5.75 Å². The topological polar surface area (TPSA) is 128 Å². The number of amides is 1. The second kappa shape index (κ2) is 7.02. The van der Waals surface area contributed by atoms with Crippen molar-refractivity contribution in [3.05, 3.63) is 49.7 Å². The summed E-state index contributed by atoms with van der Waals surface area (Å²) in [6, 6.07) is 4.93. The lowest BCUT2D eigenvalue weighted by Gasteiger charge is -2.11. The molecule has 26 heavy (non-hydrogen) atoms. The lowest BCUT2D eigenvalue weighted by Crippen LogP contribution is -2.41. The van der Waals surface area contributed by atoms with Gasteiger partial charge in [0.05, 0.1) is 16.9 Å². The molecule has 3 rings (SSSR count). The number of carbonyl (C=O) groups excluding carboxylic acids is 1. The molecule has 0 fully saturated rings. The van der Waals surface area contributed by atoms with Crippen LogP contribution in [0.2, 0.25) is 0 Å². The van der Waals surface area contributed by atoms with E-state index in [-0.39, 0.29) is 5.75 Å². The predicted molar refractivity (Wildman–Crippen MR) is 93.8 cm³/mol. The monoisotopic (exact) mass is 397 g/mol. The minimum Gasteiger partial charge on any atom is -0.495 e. The normalized spacial score (nSPS) is 13.3. The number of nitro benzene ring substituents is 1. The first kappa shape index (κ1) is 18.3. The van der Waals surface area contributed by atoms with Gasteiger partial charge >= 0.3 is 0 Å². The number of benzene rings is 1. The Bertz CT molecular complexity index is 962. The van der Waals surface area contributed by atoms with Crippen LogP contribution in [0.4, 0.5) is 5.69 Å². The van der Waals surface area contributed by atoms with Gasteiger partial charge in [-0.1, -0.05) is 0 Å². The molecule has 1 aromatic heterocycles. The van der Waals surface area contributed by atoms with E-state index >= 15 is 0 Å². The molecule has 0 atom stereocenters. The third kappa shape index (κ3) is 3.54. The van der Waals surface area contributed by atoms with E-state index in [0.717, 1.165) is 41.8 Å². The molecule has 0 radical (unpaired) electrons. The largest absolute Gasteiger partial charge is 0.495 e. The van der Waals surface area contributed by atoms with Gasteiger partial charge in [0.25, 0.3) is 21.6 Å². The number of hydrogen-bond donors (Lipinski definition) is 2. The Kier molecular flexibility index (Phi) is 4.94. The van der Waals surface area contributed by atoms with Crippen molar-refractivity contribution in [2.45, 2.75) is 24.2 Å². The van der Waals surface area contributed by atoms with Crippen LogP contribution in [-0.2, 0) is 22.9 Å². The summed E-state index contributed by atoms with van der Waals surface area (Å²) < 4.78 is 29.8. The Morgan fingerprint density at radius 1 is 1.31 bits per heavy atom. The number of thiophene rings is 1. The molecule has 0 unspecified atom stereocenters. The number of fused-ring (bicyclic) bond motifs is 1. The molecule has 1 aromatic carbocycles. The van der Waals surface area contributed by atoms with Crippen LogP contribution in [0.5, 0.6) is 5.75 Å². The van der Waals surface area contributed by atoms with Gasteiger partial charge in [0, 0.05) is 17.0 Å². The quantitative estimate of drug-likeness (QED) is 0.565. The average molecular weight is 397 g/mol. The summed E-state index contributed by atoms with van der Waals surface area (Å²) in [5, 5.41) is 10.9. The van der Waals surface area contributed by atoms with E-state index in [9.17, 15) is 23.3 Å². The summed E-state index contributed by atoms with van der Waals surface area (Å²) in [6.07, 6.45) is 2.89. The standard InChI is InChI=1S/C15H15N3O6S2/c1-24-11-6-5-10(18(20)21)8-14(11)26(22,23)17-16-15(19)13-7-9-3-2-4-12(9)25-13/h5-8,17H,2-4H2,1H3,(H,16,19). The second-order valence-electron chi connectivity index (χ2n) is 5.56. The molecule has 1 aliphatic carbocycles. The van der Waals surface area contributed by atoms with Gasteiger partial charge in [-0.3, -0.25) is 20.3 Å². The van der Waals surface area contributed by atoms with E-state index in [4.69, 9.17) is 4.74 Å². The van der Waals surface area contributed by atoms with Crippen molar-refractivity contribution >= 4 is 33.0 Å². The summed E-state index contributed by atoms with van der Waals surface area (Å²) in [5.41, 5.74) is 2.84. The van der Waals surface area contributed by atoms with Gasteiger partial charge in [0.2, 0.25) is 0 Å². The van der Waals surface area contributed by atoms with Crippen molar-refractivity contribution in [3.63, 3.8) is 0 Å². The number of rotatable bonds is 6. The van der Waals surface area contributed by atoms with Crippen LogP contribution in [-0.4, -0.2) is 26.4 Å². The zero-order valence-electron chi connectivity index (χ0n) is 13.6. The predicted octanol–water partition coefficient (Wildman–Crippen LogP) is 1.78. The molecule has 0 aliphatic heterocycles. The Morgan fingerprint density at radius 2 is 2.08 bits per heavy atom. The van der Waals surface area contributed by atoms with Crippen LogP contribution in [0.25, 0.3) is 0 Å². The molecule has 0 saturated carbocycles. The van der Waals surface area contributed by atoms with E-state index in [0.29, 0.717) is 4.88 Å². The van der Waals surface area contributed by atoms with Crippen LogP contribution in [0.3, 0.4) is 0 Å². The minimum absolute atomic E-state index is 0.0764. The van der Waals surface area contributed by atoms with Gasteiger partial charge in [-0.2, -0.15) is 0 Å². The second-order valence-corrected chi connectivity index (χ2v) is 8.35. The Morgan fingerprint density at radius 3 is 2.73 bits per heavy atom. The number of nitro groups is 1. The smallest absolute Gasteiger partial charge is 0.276 e. The minimum atomic E-state index is -4.26. The van der Waals surface area contributed by atoms with E-state index in [1.807, 2.05) is 4.83 Å². The van der Waals surface area contributed by atoms with Gasteiger partial charge < -0.3 is 4.74 Å². The molecule has 11 heteroatoms. The summed E-state index contributed by atoms with van der Waals surface area (Å²) in [4.78, 5) is 25.4. The molecular weight excluding hydrogens is 382 g/mol. The first-order valence-corrected chi connectivity index (χ1v) is 9.88. The molecule has 0 bridgehead atoms. The zero-order chi connectivity index (χ0) is 18.9. The first-order chi connectivity index (χ1) is 12.3. The maximum Gasteiger partial charge on any atom is 0.276 e. The fourth-order valence-corrected chi connectivity index (χ4v) is 4.84. The molecule has 0 spiro atoms. The molecule has 2 N–H and O–H groups in total. The van der Waals surface area contributed by atoms with Crippen molar-refractivity contribution in [2.75, 3.05) is 7.11 Å². The number of methoxy groups -OCH3 is 1. The van der Waals surface area contributed by atoms with Crippen LogP contribution < -0.4 is 15.0 Å². The highest BCUT2D eigenvalue weighted by molar-refractivity contribution is 7.89. The molecule has 2 aromatic rings. The SMILES string of the molecule is COc1ccc([N+](=O)[O-])cc1S(=O)(=O)NNC(=O)c1cc2c(s1)CCC2. The number of hydrogen-bond acceptors (Lipinski definition) is 7. The van der Waals surface area contributed by atoms with Crippen LogP contribution in [0.1, 0.15) is 26.5 Å². The number of sulfonamides is 1. The molecule has 1 heterocycles. The lowest BCUT2D eigenvalue weighted by atomic mass is 10.2. The van der Waals surface area contributed by atoms with Gasteiger partial charge in [0.1, 0.15) is 10.6 Å². The molecule has 1 amide bonds. The number of aryl methyl sites for hydroxylation is 2. The Labute approximate surface area is 153 Å². The fraction of sp³-hybridized carbons (Fsp3) is 0.267. The summed E-state index contributed by atoms with van der Waals surface area (Å²) in [7, 11) is -3.02. The Balaban J connectivity index is 1.79. The number of nitrogens with one attached hydrogen (secondary N) is 2. The highest BCUT2D eigenvalue weighted by Gasteiger charge is 2.25. The number of carbonyl (C=O) groups is 1. The van der Waals surface area contributed by atoms with E-state index in [1.165, 1.54) is 24.5 Å². The van der Waals surface area contributed by atoms with Gasteiger partial charge in [-0.15, -0.1) is 16.2 Å². The highest BCUT2D eigenvalue weighted by atomic mass is 32.2. The molecule has 1 aliphatic rings. The van der Waals surface area contributed by atoms with Crippen LogP contribution in [0.15, 0.2) is 29.2 Å². The van der Waals surface area contributed by atoms with E-state index < -0.39 is 31.4 Å². The number of hydrazine groups is 1. The van der Waals surface area contributed by atoms with Gasteiger partial charge in [-0.05, 0) is 37.0 Å². The third-order valence-corrected chi connectivity index (χ3v) is 6.42. The zero-order valence-corrected chi connectivity index (χ0v) is 15.3. The van der Waals surface area contributed by atoms with Gasteiger partial charge in [-0.25, -0.2) is 8.42 Å². The number of non-ortho nitro benzene ring substituents is 1. The number of nitrogens with zero attached hydrogens (tertiary/aromatic N) is 1. The van der Waals surface area contributed by atoms with Gasteiger partial charge in [0.15, 0.2) is 0 Å². The molecule has 9 nitrogen and oxygen atoms in total. The molecule has 0 saturated heterocycles. The van der Waals surface area contributed by atoms with E-state index in [2.05, 4.69) is 5.43 Å². The maximum atomic E-state index is 12.4. The van der Waals surface area contributed by atoms with Crippen molar-refractivity contribution in [1.82, 2.24) is 10.3 Å². The highest BCUT2D eigenvalue weighted by Crippen LogP contribution is 2.31. The summed E-state index contributed by atoms with van der Waals surface area (Å²) >= 11 is 1.33. The van der Waals surface area contributed by atoms with Crippen molar-refractivity contribution < 1.29 is 22.9 Å². The molecular formula is C15H15N3O6S2. The van der Waals surface area contributed by atoms with Crippen LogP contribution >= 0.6 is 11.3 Å². The first-order valence-electron chi connectivity index (χ1n) is 7.58. The lowest BCUT2D eigenvalue weighted by molar-refractivity contribution is -0.385. The Hall–Kier alpha value is -2.50. The molecule has 138 valence electrons.